The second-order valence-electron chi connectivity index (χ2n) is 5.14. The molecule has 0 bridgehead atoms. The Balaban J connectivity index is 1.84. The first-order valence-corrected chi connectivity index (χ1v) is 8.52. The average Bonchev–Trinajstić information content (AvgIpc) is 2.83. The molecule has 0 fully saturated rings. The fourth-order valence-electron chi connectivity index (χ4n) is 2.33. The maximum absolute atomic E-state index is 12.4. The zero-order valence-electron chi connectivity index (χ0n) is 13.1. The van der Waals surface area contributed by atoms with Gasteiger partial charge in [0, 0.05) is 18.3 Å². The molecule has 1 N–H and O–H groups in total. The summed E-state index contributed by atoms with van der Waals surface area (Å²) in [6.45, 7) is 2.37. The summed E-state index contributed by atoms with van der Waals surface area (Å²) in [7, 11) is 1.72. The van der Waals surface area contributed by atoms with Gasteiger partial charge in [-0.25, -0.2) is 0 Å². The predicted molar refractivity (Wildman–Crippen MR) is 97.6 cm³/mol. The third-order valence-corrected chi connectivity index (χ3v) is 4.83. The minimum Gasteiger partial charge on any atom is -0.492 e. The molecule has 3 aromatic rings. The molecule has 0 radical (unpaired) electrons. The maximum Gasteiger partial charge on any atom is 0.307 e. The second-order valence-corrected chi connectivity index (χ2v) is 6.54. The van der Waals surface area contributed by atoms with Crippen molar-refractivity contribution in [3.8, 4) is 5.75 Å². The van der Waals surface area contributed by atoms with Gasteiger partial charge in [-0.15, -0.1) is 0 Å². The topological polar surface area (TPSA) is 60.3 Å². The van der Waals surface area contributed by atoms with E-state index in [2.05, 4.69) is 5.32 Å². The SMILES string of the molecule is CCOc1ccc(C(=O)Nc2ccc3c(c2)sc(=O)n3C)cc1Cl. The highest BCUT2D eigenvalue weighted by atomic mass is 35.5. The second kappa shape index (κ2) is 6.67. The number of benzene rings is 2. The molecule has 124 valence electrons. The van der Waals surface area contributed by atoms with Gasteiger partial charge in [-0.3, -0.25) is 9.59 Å². The number of halogens is 1. The van der Waals surface area contributed by atoms with Crippen LogP contribution in [0.2, 0.25) is 5.02 Å². The molecule has 0 aliphatic rings. The molecule has 1 heterocycles. The quantitative estimate of drug-likeness (QED) is 0.765. The highest BCUT2D eigenvalue weighted by Gasteiger charge is 2.11. The Bertz CT molecular complexity index is 978. The normalized spacial score (nSPS) is 10.8. The van der Waals surface area contributed by atoms with E-state index in [9.17, 15) is 9.59 Å². The third kappa shape index (κ3) is 3.16. The molecular formula is C17H15ClN2O3S. The van der Waals surface area contributed by atoms with E-state index in [4.69, 9.17) is 16.3 Å². The van der Waals surface area contributed by atoms with Crippen LogP contribution in [0.5, 0.6) is 5.75 Å². The Morgan fingerprint density at radius 2 is 2.08 bits per heavy atom. The minimum atomic E-state index is -0.275. The van der Waals surface area contributed by atoms with Crippen LogP contribution in [0.25, 0.3) is 10.2 Å². The van der Waals surface area contributed by atoms with Gasteiger partial charge in [0.25, 0.3) is 5.91 Å². The Labute approximate surface area is 147 Å². The molecule has 0 saturated heterocycles. The molecule has 0 atom stereocenters. The number of anilines is 1. The standard InChI is InChI=1S/C17H15ClN2O3S/c1-3-23-14-7-4-10(8-12(14)18)16(21)19-11-5-6-13-15(9-11)24-17(22)20(13)2/h4-9H,3H2,1-2H3,(H,19,21). The lowest BCUT2D eigenvalue weighted by Crippen LogP contribution is -2.12. The molecule has 0 aliphatic carbocycles. The Morgan fingerprint density at radius 3 is 2.79 bits per heavy atom. The van der Waals surface area contributed by atoms with Gasteiger partial charge in [-0.1, -0.05) is 22.9 Å². The fraction of sp³-hybridized carbons (Fsp3) is 0.176. The fourth-order valence-corrected chi connectivity index (χ4v) is 3.48. The monoisotopic (exact) mass is 362 g/mol. The molecule has 24 heavy (non-hydrogen) atoms. The van der Waals surface area contributed by atoms with Crippen LogP contribution in [0.4, 0.5) is 5.69 Å². The first-order valence-electron chi connectivity index (χ1n) is 7.33. The summed E-state index contributed by atoms with van der Waals surface area (Å²) < 4.78 is 7.76. The van der Waals surface area contributed by atoms with Gasteiger partial charge < -0.3 is 14.6 Å². The first-order chi connectivity index (χ1) is 11.5. The number of thiazole rings is 1. The Kier molecular flexibility index (Phi) is 4.59. The zero-order valence-corrected chi connectivity index (χ0v) is 14.7. The van der Waals surface area contributed by atoms with Gasteiger partial charge in [-0.05, 0) is 43.3 Å². The van der Waals surface area contributed by atoms with Gasteiger partial charge >= 0.3 is 4.87 Å². The van der Waals surface area contributed by atoms with E-state index in [1.54, 1.807) is 41.9 Å². The number of carbonyl (C=O) groups is 1. The molecule has 3 rings (SSSR count). The van der Waals surface area contributed by atoms with E-state index in [1.807, 2.05) is 13.0 Å². The average molecular weight is 363 g/mol. The van der Waals surface area contributed by atoms with Crippen molar-refractivity contribution in [1.29, 1.82) is 0 Å². The number of aryl methyl sites for hydroxylation is 1. The van der Waals surface area contributed by atoms with Crippen LogP contribution in [-0.2, 0) is 7.05 Å². The first kappa shape index (κ1) is 16.5. The Hall–Kier alpha value is -2.31. The summed E-state index contributed by atoms with van der Waals surface area (Å²) >= 11 is 7.26. The van der Waals surface area contributed by atoms with E-state index in [0.717, 1.165) is 21.6 Å². The molecule has 0 aliphatic heterocycles. The van der Waals surface area contributed by atoms with Crippen LogP contribution in [-0.4, -0.2) is 17.1 Å². The molecule has 0 unspecified atom stereocenters. The molecule has 5 nitrogen and oxygen atoms in total. The molecule has 1 aromatic heterocycles. The number of aromatic nitrogens is 1. The highest BCUT2D eigenvalue weighted by Crippen LogP contribution is 2.26. The molecule has 7 heteroatoms. The van der Waals surface area contributed by atoms with E-state index < -0.39 is 0 Å². The smallest absolute Gasteiger partial charge is 0.307 e. The summed E-state index contributed by atoms with van der Waals surface area (Å²) in [6.07, 6.45) is 0. The maximum atomic E-state index is 12.4. The van der Waals surface area contributed by atoms with Crippen molar-refractivity contribution in [1.82, 2.24) is 4.57 Å². The summed E-state index contributed by atoms with van der Waals surface area (Å²) in [6, 6.07) is 10.3. The number of hydrogen-bond donors (Lipinski definition) is 1. The number of amides is 1. The van der Waals surface area contributed by atoms with E-state index in [-0.39, 0.29) is 10.8 Å². The predicted octanol–water partition coefficient (Wildman–Crippen LogP) is 3.90. The lowest BCUT2D eigenvalue weighted by atomic mass is 10.2. The van der Waals surface area contributed by atoms with E-state index in [0.29, 0.717) is 28.6 Å². The lowest BCUT2D eigenvalue weighted by molar-refractivity contribution is 0.102. The van der Waals surface area contributed by atoms with E-state index in [1.165, 1.54) is 0 Å². The van der Waals surface area contributed by atoms with Crippen molar-refractivity contribution in [2.24, 2.45) is 7.05 Å². The summed E-state index contributed by atoms with van der Waals surface area (Å²) in [5.74, 6) is 0.272. The van der Waals surface area contributed by atoms with Crippen molar-refractivity contribution in [2.45, 2.75) is 6.92 Å². The number of fused-ring (bicyclic) bond motifs is 1. The molecule has 1 amide bonds. The summed E-state index contributed by atoms with van der Waals surface area (Å²) in [4.78, 5) is 24.0. The van der Waals surface area contributed by atoms with Crippen molar-refractivity contribution < 1.29 is 9.53 Å². The van der Waals surface area contributed by atoms with Crippen LogP contribution in [0.1, 0.15) is 17.3 Å². The third-order valence-electron chi connectivity index (χ3n) is 3.54. The van der Waals surface area contributed by atoms with Gasteiger partial charge in [0.2, 0.25) is 0 Å². The molecule has 2 aromatic carbocycles. The highest BCUT2D eigenvalue weighted by molar-refractivity contribution is 7.16. The summed E-state index contributed by atoms with van der Waals surface area (Å²) in [5, 5.41) is 3.20. The van der Waals surface area contributed by atoms with Crippen LogP contribution >= 0.6 is 22.9 Å². The van der Waals surface area contributed by atoms with Crippen LogP contribution < -0.4 is 14.9 Å². The van der Waals surface area contributed by atoms with Crippen molar-refractivity contribution >= 4 is 44.7 Å². The van der Waals surface area contributed by atoms with Crippen LogP contribution in [0, 0.1) is 0 Å². The zero-order chi connectivity index (χ0) is 17.3. The van der Waals surface area contributed by atoms with Crippen LogP contribution in [0.3, 0.4) is 0 Å². The number of carbonyl (C=O) groups excluding carboxylic acids is 1. The largest absolute Gasteiger partial charge is 0.492 e. The number of nitrogens with zero attached hydrogens (tertiary/aromatic N) is 1. The summed E-state index contributed by atoms with van der Waals surface area (Å²) in [5.41, 5.74) is 1.90. The number of ether oxygens (including phenoxy) is 1. The van der Waals surface area contributed by atoms with Crippen LogP contribution in [0.15, 0.2) is 41.2 Å². The van der Waals surface area contributed by atoms with E-state index >= 15 is 0 Å². The van der Waals surface area contributed by atoms with Gasteiger partial charge in [0.05, 0.1) is 21.8 Å². The molecule has 0 spiro atoms. The van der Waals surface area contributed by atoms with Gasteiger partial charge in [0.15, 0.2) is 0 Å². The lowest BCUT2D eigenvalue weighted by Gasteiger charge is -2.09. The molecule has 0 saturated carbocycles. The van der Waals surface area contributed by atoms with Gasteiger partial charge in [0.1, 0.15) is 5.75 Å². The number of nitrogens with one attached hydrogen (secondary N) is 1. The molecular weight excluding hydrogens is 348 g/mol. The van der Waals surface area contributed by atoms with Crippen molar-refractivity contribution in [2.75, 3.05) is 11.9 Å². The van der Waals surface area contributed by atoms with Gasteiger partial charge in [-0.2, -0.15) is 0 Å². The number of hydrogen-bond acceptors (Lipinski definition) is 4. The minimum absolute atomic E-state index is 0.0354. The van der Waals surface area contributed by atoms with Crippen molar-refractivity contribution in [3.05, 3.63) is 56.7 Å². The Morgan fingerprint density at radius 1 is 1.29 bits per heavy atom. The number of rotatable bonds is 4. The van der Waals surface area contributed by atoms with Crippen molar-refractivity contribution in [3.63, 3.8) is 0 Å².